The van der Waals surface area contributed by atoms with Crippen LogP contribution in [-0.2, 0) is 6.54 Å². The summed E-state index contributed by atoms with van der Waals surface area (Å²) in [4.78, 5) is 4.26. The first-order chi connectivity index (χ1) is 13.0. The lowest BCUT2D eigenvalue weighted by Gasteiger charge is -2.12. The van der Waals surface area contributed by atoms with Gasteiger partial charge in [-0.2, -0.15) is 5.26 Å². The number of aliphatic imine (C=N–C) groups is 1. The average molecular weight is 504 g/mol. The van der Waals surface area contributed by atoms with Crippen LogP contribution < -0.4 is 15.4 Å². The van der Waals surface area contributed by atoms with Gasteiger partial charge in [-0.25, -0.2) is 18.2 Å². The monoisotopic (exact) mass is 504 g/mol. The maximum Gasteiger partial charge on any atom is 0.191 e. The molecule has 0 aromatic heterocycles. The Morgan fingerprint density at radius 1 is 1.11 bits per heavy atom. The number of ether oxygens (including phenoxy) is 1. The first kappa shape index (κ1) is 23.6. The predicted molar refractivity (Wildman–Crippen MR) is 111 cm³/mol. The molecule has 0 saturated heterocycles. The van der Waals surface area contributed by atoms with Gasteiger partial charge in [0.2, 0.25) is 0 Å². The zero-order valence-corrected chi connectivity index (χ0v) is 17.5. The minimum Gasteiger partial charge on any atom is -0.489 e. The second-order valence-corrected chi connectivity index (χ2v) is 5.46. The Labute approximate surface area is 178 Å². The maximum absolute atomic E-state index is 13.8. The summed E-state index contributed by atoms with van der Waals surface area (Å²) in [5, 5.41) is 14.9. The summed E-state index contributed by atoms with van der Waals surface area (Å²) in [7, 11) is 0. The minimum absolute atomic E-state index is 0. The fourth-order valence-electron chi connectivity index (χ4n) is 2.19. The molecule has 0 heterocycles. The summed E-state index contributed by atoms with van der Waals surface area (Å²) in [6, 6.07) is 9.11. The second-order valence-electron chi connectivity index (χ2n) is 5.46. The quantitative estimate of drug-likeness (QED) is 0.261. The van der Waals surface area contributed by atoms with Crippen LogP contribution in [0, 0.1) is 28.8 Å². The molecule has 5 nitrogen and oxygen atoms in total. The molecule has 0 radical (unpaired) electrons. The van der Waals surface area contributed by atoms with E-state index in [1.54, 1.807) is 0 Å². The van der Waals surface area contributed by atoms with Gasteiger partial charge in [0.15, 0.2) is 17.5 Å². The zero-order chi connectivity index (χ0) is 19.6. The number of rotatable bonds is 7. The molecule has 28 heavy (non-hydrogen) atoms. The first-order valence-corrected chi connectivity index (χ1v) is 8.32. The molecule has 150 valence electrons. The molecular formula is C19H20F3IN4O. The van der Waals surface area contributed by atoms with Gasteiger partial charge in [0, 0.05) is 18.2 Å². The van der Waals surface area contributed by atoms with Crippen molar-refractivity contribution in [3.63, 3.8) is 0 Å². The number of hydrogen-bond donors (Lipinski definition) is 2. The van der Waals surface area contributed by atoms with Crippen molar-refractivity contribution >= 4 is 29.9 Å². The van der Waals surface area contributed by atoms with Crippen molar-refractivity contribution in [3.05, 3.63) is 65.0 Å². The standard InChI is InChI=1S/C19H19F3N4O.HI/c1-2-24-19(26-12-14-9-13(11-23)3-5-16(14)21)25-7-8-27-18-6-4-15(20)10-17(18)22;/h3-6,9-10H,2,7-8,12H2,1H3,(H2,24,25,26);1H. The minimum atomic E-state index is -0.775. The van der Waals surface area contributed by atoms with Crippen LogP contribution in [0.3, 0.4) is 0 Å². The lowest BCUT2D eigenvalue weighted by atomic mass is 10.1. The number of halogens is 4. The van der Waals surface area contributed by atoms with Crippen LogP contribution in [0.15, 0.2) is 41.4 Å². The smallest absolute Gasteiger partial charge is 0.191 e. The summed E-state index contributed by atoms with van der Waals surface area (Å²) in [6.07, 6.45) is 0. The third kappa shape index (κ3) is 7.26. The molecule has 0 aliphatic rings. The number of nitrogens with zero attached hydrogens (tertiary/aromatic N) is 2. The van der Waals surface area contributed by atoms with Crippen molar-refractivity contribution in [2.45, 2.75) is 13.5 Å². The summed E-state index contributed by atoms with van der Waals surface area (Å²) < 4.78 is 45.4. The van der Waals surface area contributed by atoms with Crippen LogP contribution in [-0.4, -0.2) is 25.7 Å². The normalized spacial score (nSPS) is 10.6. The van der Waals surface area contributed by atoms with Gasteiger partial charge in [-0.15, -0.1) is 24.0 Å². The van der Waals surface area contributed by atoms with Crippen molar-refractivity contribution in [2.24, 2.45) is 4.99 Å². The highest BCUT2D eigenvalue weighted by atomic mass is 127. The van der Waals surface area contributed by atoms with Crippen LogP contribution in [0.25, 0.3) is 0 Å². The van der Waals surface area contributed by atoms with Gasteiger partial charge < -0.3 is 15.4 Å². The van der Waals surface area contributed by atoms with Crippen molar-refractivity contribution in [2.75, 3.05) is 19.7 Å². The summed E-state index contributed by atoms with van der Waals surface area (Å²) in [5.74, 6) is -1.52. The van der Waals surface area contributed by atoms with E-state index >= 15 is 0 Å². The van der Waals surface area contributed by atoms with Crippen molar-refractivity contribution in [1.29, 1.82) is 5.26 Å². The van der Waals surface area contributed by atoms with E-state index in [2.05, 4.69) is 15.6 Å². The van der Waals surface area contributed by atoms with E-state index < -0.39 is 17.5 Å². The molecule has 0 fully saturated rings. The average Bonchev–Trinajstić information content (AvgIpc) is 2.65. The second kappa shape index (κ2) is 12.1. The Morgan fingerprint density at radius 3 is 2.57 bits per heavy atom. The van der Waals surface area contributed by atoms with Crippen LogP contribution in [0.1, 0.15) is 18.1 Å². The third-order valence-electron chi connectivity index (χ3n) is 3.47. The van der Waals surface area contributed by atoms with Crippen molar-refractivity contribution in [1.82, 2.24) is 10.6 Å². The molecule has 0 aliphatic heterocycles. The van der Waals surface area contributed by atoms with Crippen molar-refractivity contribution < 1.29 is 17.9 Å². The van der Waals surface area contributed by atoms with Gasteiger partial charge in [0.25, 0.3) is 0 Å². The van der Waals surface area contributed by atoms with Gasteiger partial charge in [-0.05, 0) is 37.3 Å². The molecule has 2 rings (SSSR count). The van der Waals surface area contributed by atoms with E-state index in [9.17, 15) is 13.2 Å². The van der Waals surface area contributed by atoms with Crippen LogP contribution in [0.2, 0.25) is 0 Å². The number of nitriles is 1. The lowest BCUT2D eigenvalue weighted by Crippen LogP contribution is -2.39. The summed E-state index contributed by atoms with van der Waals surface area (Å²) in [6.45, 7) is 2.91. The van der Waals surface area contributed by atoms with Gasteiger partial charge in [0.05, 0.1) is 24.7 Å². The highest BCUT2D eigenvalue weighted by Crippen LogP contribution is 2.17. The van der Waals surface area contributed by atoms with E-state index in [1.807, 2.05) is 13.0 Å². The fraction of sp³-hybridized carbons (Fsp3) is 0.263. The molecule has 0 atom stereocenters. The number of nitrogens with one attached hydrogen (secondary N) is 2. The van der Waals surface area contributed by atoms with Gasteiger partial charge in [-0.1, -0.05) is 0 Å². The summed E-state index contributed by atoms with van der Waals surface area (Å²) in [5.41, 5.74) is 0.658. The molecule has 9 heteroatoms. The first-order valence-electron chi connectivity index (χ1n) is 8.32. The van der Waals surface area contributed by atoms with Crippen molar-refractivity contribution in [3.8, 4) is 11.8 Å². The lowest BCUT2D eigenvalue weighted by molar-refractivity contribution is 0.304. The molecule has 0 unspecified atom stereocenters. The van der Waals surface area contributed by atoms with E-state index in [4.69, 9.17) is 10.00 Å². The Bertz CT molecular complexity index is 856. The third-order valence-corrected chi connectivity index (χ3v) is 3.47. The molecule has 0 aliphatic carbocycles. The van der Waals surface area contributed by atoms with E-state index in [0.29, 0.717) is 30.2 Å². The Hall–Kier alpha value is -2.48. The van der Waals surface area contributed by atoms with Crippen LogP contribution in [0.4, 0.5) is 13.2 Å². The highest BCUT2D eigenvalue weighted by molar-refractivity contribution is 14.0. The predicted octanol–water partition coefficient (Wildman–Crippen LogP) is 3.73. The van der Waals surface area contributed by atoms with Crippen LogP contribution in [0.5, 0.6) is 5.75 Å². The van der Waals surface area contributed by atoms with E-state index in [-0.39, 0.29) is 42.9 Å². The van der Waals surface area contributed by atoms with Gasteiger partial charge >= 0.3 is 0 Å². The maximum atomic E-state index is 13.8. The van der Waals surface area contributed by atoms with E-state index in [1.165, 1.54) is 24.3 Å². The molecule has 0 bridgehead atoms. The van der Waals surface area contributed by atoms with Crippen LogP contribution >= 0.6 is 24.0 Å². The molecule has 2 aromatic rings. The molecule has 2 N–H and O–H groups in total. The molecule has 2 aromatic carbocycles. The molecule has 0 spiro atoms. The Balaban J connectivity index is 0.00000392. The fourth-order valence-corrected chi connectivity index (χ4v) is 2.19. The molecular weight excluding hydrogens is 484 g/mol. The topological polar surface area (TPSA) is 69.4 Å². The SMILES string of the molecule is CCNC(=NCc1cc(C#N)ccc1F)NCCOc1ccc(F)cc1F.I. The number of guanidine groups is 1. The van der Waals surface area contributed by atoms with E-state index in [0.717, 1.165) is 12.1 Å². The summed E-state index contributed by atoms with van der Waals surface area (Å²) >= 11 is 0. The Kier molecular flexibility index (Phi) is 10.2. The van der Waals surface area contributed by atoms with Gasteiger partial charge in [0.1, 0.15) is 18.2 Å². The molecule has 0 saturated carbocycles. The number of benzene rings is 2. The highest BCUT2D eigenvalue weighted by Gasteiger charge is 2.06. The Morgan fingerprint density at radius 2 is 1.89 bits per heavy atom. The largest absolute Gasteiger partial charge is 0.489 e. The number of hydrogen-bond acceptors (Lipinski definition) is 3. The molecule has 0 amide bonds. The van der Waals surface area contributed by atoms with Gasteiger partial charge in [-0.3, -0.25) is 0 Å². The zero-order valence-electron chi connectivity index (χ0n) is 15.1.